The zero-order chi connectivity index (χ0) is 6.81. The second-order valence-corrected chi connectivity index (χ2v) is 2.91. The Kier molecular flexibility index (Phi) is 1.88. The molecule has 0 saturated carbocycles. The smallest absolute Gasteiger partial charge is 0.105 e. The highest BCUT2D eigenvalue weighted by Gasteiger charge is 2.24. The number of nitrogens with one attached hydrogen (secondary N) is 1. The van der Waals surface area contributed by atoms with Crippen LogP contribution in [0.5, 0.6) is 0 Å². The van der Waals surface area contributed by atoms with Crippen LogP contribution < -0.4 is 5.32 Å². The van der Waals surface area contributed by atoms with E-state index < -0.39 is 0 Å². The third-order valence-corrected chi connectivity index (χ3v) is 2.01. The summed E-state index contributed by atoms with van der Waals surface area (Å²) >= 11 is 0. The Labute approximate surface area is 60.7 Å². The largest absolute Gasteiger partial charge is 0.376 e. The quantitative estimate of drug-likeness (QED) is 0.579. The Morgan fingerprint density at radius 2 is 2.20 bits per heavy atom. The fourth-order valence-electron chi connectivity index (χ4n) is 1.31. The molecule has 2 aliphatic rings. The van der Waals surface area contributed by atoms with Crippen LogP contribution >= 0.6 is 0 Å². The van der Waals surface area contributed by atoms with E-state index in [0.29, 0.717) is 12.2 Å². The predicted molar refractivity (Wildman–Crippen MR) is 37.0 cm³/mol. The number of hydrogen-bond donors (Lipinski definition) is 1. The van der Waals surface area contributed by atoms with Crippen LogP contribution in [0.4, 0.5) is 0 Å². The van der Waals surface area contributed by atoms with Crippen molar-refractivity contribution in [1.82, 2.24) is 5.32 Å². The van der Waals surface area contributed by atoms with E-state index in [2.05, 4.69) is 5.32 Å². The van der Waals surface area contributed by atoms with Gasteiger partial charge in [-0.3, -0.25) is 0 Å². The van der Waals surface area contributed by atoms with Gasteiger partial charge in [0.05, 0.1) is 19.3 Å². The van der Waals surface area contributed by atoms with Crippen LogP contribution in [0, 0.1) is 0 Å². The van der Waals surface area contributed by atoms with E-state index in [0.717, 1.165) is 32.7 Å². The maximum atomic E-state index is 5.66. The number of ether oxygens (including phenoxy) is 2. The summed E-state index contributed by atoms with van der Waals surface area (Å²) in [5.41, 5.74) is 0. The fourth-order valence-corrected chi connectivity index (χ4v) is 1.31. The molecule has 0 amide bonds. The van der Waals surface area contributed by atoms with Gasteiger partial charge in [0, 0.05) is 6.54 Å². The van der Waals surface area contributed by atoms with Gasteiger partial charge in [-0.2, -0.15) is 0 Å². The van der Waals surface area contributed by atoms with Gasteiger partial charge in [0.1, 0.15) is 6.10 Å². The topological polar surface area (TPSA) is 30.5 Å². The first-order valence-corrected chi connectivity index (χ1v) is 3.89. The Balaban J connectivity index is 1.68. The molecule has 2 aliphatic heterocycles. The molecule has 3 nitrogen and oxygen atoms in total. The molecule has 10 heavy (non-hydrogen) atoms. The predicted octanol–water partition coefficient (Wildman–Crippen LogP) is -0.236. The normalized spacial score (nSPS) is 34.2. The highest BCUT2D eigenvalue weighted by atomic mass is 16.6. The molecule has 1 N–H and O–H groups in total. The third-order valence-electron chi connectivity index (χ3n) is 2.01. The van der Waals surface area contributed by atoms with Gasteiger partial charge in [0.25, 0.3) is 0 Å². The van der Waals surface area contributed by atoms with Crippen molar-refractivity contribution in [3.05, 3.63) is 0 Å². The molecule has 0 bridgehead atoms. The first-order valence-electron chi connectivity index (χ1n) is 3.89. The summed E-state index contributed by atoms with van der Waals surface area (Å²) in [5, 5.41) is 3.26. The highest BCUT2D eigenvalue weighted by Crippen LogP contribution is 2.12. The first kappa shape index (κ1) is 6.58. The monoisotopic (exact) mass is 143 g/mol. The molecule has 58 valence electrons. The summed E-state index contributed by atoms with van der Waals surface area (Å²) in [6.45, 7) is 3.74. The third kappa shape index (κ3) is 1.31. The van der Waals surface area contributed by atoms with Crippen molar-refractivity contribution >= 4 is 0 Å². The minimum Gasteiger partial charge on any atom is -0.376 e. The van der Waals surface area contributed by atoms with Crippen LogP contribution in [0.25, 0.3) is 0 Å². The minimum atomic E-state index is 0.393. The van der Waals surface area contributed by atoms with E-state index in [1.54, 1.807) is 0 Å². The van der Waals surface area contributed by atoms with E-state index in [9.17, 15) is 0 Å². The van der Waals surface area contributed by atoms with E-state index in [4.69, 9.17) is 9.47 Å². The lowest BCUT2D eigenvalue weighted by atomic mass is 10.3. The summed E-state index contributed by atoms with van der Waals surface area (Å²) in [6.07, 6.45) is 2.01. The summed E-state index contributed by atoms with van der Waals surface area (Å²) in [6, 6.07) is 0. The lowest BCUT2D eigenvalue weighted by Gasteiger charge is -2.28. The molecule has 0 aliphatic carbocycles. The van der Waals surface area contributed by atoms with Gasteiger partial charge in [0.2, 0.25) is 0 Å². The van der Waals surface area contributed by atoms with Gasteiger partial charge in [-0.05, 0) is 13.0 Å². The molecule has 0 unspecified atom stereocenters. The van der Waals surface area contributed by atoms with E-state index in [1.165, 1.54) is 0 Å². The SMILES string of the molecule is C1C[C@@H](OC2COC2)CN1. The Morgan fingerprint density at radius 1 is 1.30 bits per heavy atom. The number of hydrogen-bond acceptors (Lipinski definition) is 3. The molecule has 2 heterocycles. The maximum absolute atomic E-state index is 5.66. The van der Waals surface area contributed by atoms with Crippen molar-refractivity contribution in [3.8, 4) is 0 Å². The van der Waals surface area contributed by atoms with Crippen molar-refractivity contribution in [2.45, 2.75) is 18.6 Å². The first-order chi connectivity index (χ1) is 4.95. The summed E-state index contributed by atoms with van der Waals surface area (Å²) < 4.78 is 10.7. The summed E-state index contributed by atoms with van der Waals surface area (Å²) in [5.74, 6) is 0. The van der Waals surface area contributed by atoms with E-state index >= 15 is 0 Å². The molecule has 2 rings (SSSR count). The van der Waals surface area contributed by atoms with E-state index in [1.807, 2.05) is 0 Å². The van der Waals surface area contributed by atoms with Crippen LogP contribution in [0.15, 0.2) is 0 Å². The second kappa shape index (κ2) is 2.86. The second-order valence-electron chi connectivity index (χ2n) is 2.91. The average molecular weight is 143 g/mol. The van der Waals surface area contributed by atoms with Gasteiger partial charge in [-0.25, -0.2) is 0 Å². The minimum absolute atomic E-state index is 0.393. The van der Waals surface area contributed by atoms with Crippen LogP contribution in [-0.4, -0.2) is 38.5 Å². The molecule has 1 atom stereocenters. The lowest BCUT2D eigenvalue weighted by Crippen LogP contribution is -2.39. The van der Waals surface area contributed by atoms with Gasteiger partial charge >= 0.3 is 0 Å². The molecular weight excluding hydrogens is 130 g/mol. The molecule has 2 saturated heterocycles. The molecule has 3 heteroatoms. The Hall–Kier alpha value is -0.120. The van der Waals surface area contributed by atoms with Crippen LogP contribution in [0.1, 0.15) is 6.42 Å². The molecule has 2 fully saturated rings. The Morgan fingerprint density at radius 3 is 2.70 bits per heavy atom. The lowest BCUT2D eigenvalue weighted by molar-refractivity contribution is -0.150. The molecule has 0 aromatic carbocycles. The molecule has 0 spiro atoms. The maximum Gasteiger partial charge on any atom is 0.105 e. The van der Waals surface area contributed by atoms with Crippen molar-refractivity contribution in [1.29, 1.82) is 0 Å². The van der Waals surface area contributed by atoms with Crippen molar-refractivity contribution in [2.24, 2.45) is 0 Å². The van der Waals surface area contributed by atoms with Crippen molar-refractivity contribution < 1.29 is 9.47 Å². The fraction of sp³-hybridized carbons (Fsp3) is 1.00. The zero-order valence-electron chi connectivity index (χ0n) is 6.01. The zero-order valence-corrected chi connectivity index (χ0v) is 6.01. The average Bonchev–Trinajstić information content (AvgIpc) is 2.29. The summed E-state index contributed by atoms with van der Waals surface area (Å²) in [7, 11) is 0. The van der Waals surface area contributed by atoms with Crippen LogP contribution in [0.2, 0.25) is 0 Å². The highest BCUT2D eigenvalue weighted by molar-refractivity contribution is 4.75. The van der Waals surface area contributed by atoms with Crippen LogP contribution in [0.3, 0.4) is 0 Å². The molecule has 0 aromatic heterocycles. The Bertz CT molecular complexity index is 108. The van der Waals surface area contributed by atoms with Gasteiger partial charge < -0.3 is 14.8 Å². The van der Waals surface area contributed by atoms with Crippen molar-refractivity contribution in [3.63, 3.8) is 0 Å². The van der Waals surface area contributed by atoms with Crippen LogP contribution in [-0.2, 0) is 9.47 Å². The van der Waals surface area contributed by atoms with Gasteiger partial charge in [-0.15, -0.1) is 0 Å². The van der Waals surface area contributed by atoms with Crippen molar-refractivity contribution in [2.75, 3.05) is 26.3 Å². The molecular formula is C7H13NO2. The molecule has 0 aromatic rings. The van der Waals surface area contributed by atoms with E-state index in [-0.39, 0.29) is 0 Å². The molecule has 0 radical (unpaired) electrons. The summed E-state index contributed by atoms with van der Waals surface area (Å²) in [4.78, 5) is 0. The number of rotatable bonds is 2. The van der Waals surface area contributed by atoms with Gasteiger partial charge in [-0.1, -0.05) is 0 Å². The van der Waals surface area contributed by atoms with Gasteiger partial charge in [0.15, 0.2) is 0 Å². The standard InChI is InChI=1S/C7H13NO2/c1-2-8-3-6(1)10-7-4-9-5-7/h6-8H,1-5H2/t6-/m1/s1.